The third-order valence-corrected chi connectivity index (χ3v) is 5.51. The highest BCUT2D eigenvalue weighted by Crippen LogP contribution is 2.37. The Morgan fingerprint density at radius 3 is 2.68 bits per heavy atom. The van der Waals surface area contributed by atoms with Crippen LogP contribution in [-0.4, -0.2) is 53.8 Å². The van der Waals surface area contributed by atoms with Gasteiger partial charge in [-0.2, -0.15) is 0 Å². The molecule has 3 atom stereocenters. The second-order valence-corrected chi connectivity index (χ2v) is 6.94. The van der Waals surface area contributed by atoms with Crippen molar-refractivity contribution < 1.29 is 9.59 Å². The Morgan fingerprint density at radius 1 is 1.14 bits per heavy atom. The lowest BCUT2D eigenvalue weighted by Crippen LogP contribution is -2.43. The van der Waals surface area contributed by atoms with E-state index in [0.29, 0.717) is 18.3 Å². The number of amides is 2. The van der Waals surface area contributed by atoms with Gasteiger partial charge in [-0.25, -0.2) is 0 Å². The molecule has 0 aromatic carbocycles. The first-order chi connectivity index (χ1) is 10.1. The molecule has 126 valence electrons. The van der Waals surface area contributed by atoms with E-state index < -0.39 is 0 Å². The number of rotatable bonds is 2. The van der Waals surface area contributed by atoms with Gasteiger partial charge in [-0.05, 0) is 37.5 Å². The van der Waals surface area contributed by atoms with Gasteiger partial charge in [0.05, 0.1) is 6.54 Å². The van der Waals surface area contributed by atoms with Gasteiger partial charge in [0.1, 0.15) is 0 Å². The number of halogens is 1. The first-order valence-electron chi connectivity index (χ1n) is 8.46. The molecule has 3 rings (SSSR count). The fourth-order valence-corrected chi connectivity index (χ4v) is 4.16. The second kappa shape index (κ2) is 7.64. The molecule has 2 heterocycles. The lowest BCUT2D eigenvalue weighted by Gasteiger charge is -2.27. The van der Waals surface area contributed by atoms with Crippen LogP contribution in [-0.2, 0) is 9.59 Å². The zero-order chi connectivity index (χ0) is 14.8. The molecule has 6 heteroatoms. The molecule has 1 saturated carbocycles. The summed E-state index contributed by atoms with van der Waals surface area (Å²) in [6.45, 7) is 2.66. The Balaban J connectivity index is 0.00000176. The van der Waals surface area contributed by atoms with Crippen molar-refractivity contribution in [3.8, 4) is 0 Å². The summed E-state index contributed by atoms with van der Waals surface area (Å²) in [7, 11) is 0. The Morgan fingerprint density at radius 2 is 1.91 bits per heavy atom. The molecule has 1 aliphatic carbocycles. The summed E-state index contributed by atoms with van der Waals surface area (Å²) < 4.78 is 0. The van der Waals surface area contributed by atoms with Crippen molar-refractivity contribution in [1.82, 2.24) is 9.80 Å². The first kappa shape index (κ1) is 17.5. The molecule has 0 aromatic heterocycles. The fraction of sp³-hybridized carbons (Fsp3) is 0.875. The van der Waals surface area contributed by atoms with Crippen LogP contribution in [0.2, 0.25) is 0 Å². The Bertz CT molecular complexity index is 418. The summed E-state index contributed by atoms with van der Waals surface area (Å²) in [5, 5.41) is 0. The molecule has 3 unspecified atom stereocenters. The molecule has 3 fully saturated rings. The third-order valence-electron chi connectivity index (χ3n) is 5.51. The van der Waals surface area contributed by atoms with E-state index in [-0.39, 0.29) is 36.8 Å². The molecule has 0 bridgehead atoms. The minimum Gasteiger partial charge on any atom is -0.341 e. The quantitative estimate of drug-likeness (QED) is 0.832. The third kappa shape index (κ3) is 3.74. The number of carbonyl (C=O) groups excluding carboxylic acids is 2. The number of hydrogen-bond donors (Lipinski definition) is 1. The fourth-order valence-electron chi connectivity index (χ4n) is 4.16. The van der Waals surface area contributed by atoms with Crippen LogP contribution in [0.3, 0.4) is 0 Å². The van der Waals surface area contributed by atoms with Gasteiger partial charge >= 0.3 is 0 Å². The van der Waals surface area contributed by atoms with E-state index in [1.54, 1.807) is 4.90 Å². The van der Waals surface area contributed by atoms with Gasteiger partial charge < -0.3 is 15.5 Å². The van der Waals surface area contributed by atoms with E-state index in [1.807, 2.05) is 4.90 Å². The smallest absolute Gasteiger partial charge is 0.242 e. The maximum absolute atomic E-state index is 12.5. The van der Waals surface area contributed by atoms with Crippen LogP contribution in [0.4, 0.5) is 0 Å². The van der Waals surface area contributed by atoms with E-state index in [2.05, 4.69) is 0 Å². The van der Waals surface area contributed by atoms with Crippen LogP contribution in [0.25, 0.3) is 0 Å². The van der Waals surface area contributed by atoms with Crippen LogP contribution < -0.4 is 5.73 Å². The molecule has 5 nitrogen and oxygen atoms in total. The number of carbonyl (C=O) groups is 2. The minimum absolute atomic E-state index is 0. The maximum atomic E-state index is 12.5. The van der Waals surface area contributed by atoms with Crippen LogP contribution in [0.15, 0.2) is 0 Å². The van der Waals surface area contributed by atoms with Gasteiger partial charge in [-0.3, -0.25) is 9.59 Å². The molecule has 2 saturated heterocycles. The standard InChI is InChI=1S/C16H27N3O2.ClH/c17-14-7-6-12-9-19(10-13(12)14)16(21)11-18-8-4-2-1-3-5-15(18)20;/h12-14H,1-11,17H2;1H. The zero-order valence-corrected chi connectivity index (χ0v) is 14.0. The van der Waals surface area contributed by atoms with Gasteiger partial charge in [0.15, 0.2) is 0 Å². The lowest BCUT2D eigenvalue weighted by molar-refractivity contribution is -0.140. The van der Waals surface area contributed by atoms with Crippen LogP contribution >= 0.6 is 12.4 Å². The highest BCUT2D eigenvalue weighted by atomic mass is 35.5. The summed E-state index contributed by atoms with van der Waals surface area (Å²) in [6, 6.07) is 0.260. The maximum Gasteiger partial charge on any atom is 0.242 e. The average Bonchev–Trinajstić information content (AvgIpc) is 3.01. The van der Waals surface area contributed by atoms with E-state index >= 15 is 0 Å². The number of fused-ring (bicyclic) bond motifs is 1. The van der Waals surface area contributed by atoms with Crippen LogP contribution in [0.5, 0.6) is 0 Å². The normalized spacial score (nSPS) is 32.2. The van der Waals surface area contributed by atoms with Gasteiger partial charge in [-0.15, -0.1) is 12.4 Å². The summed E-state index contributed by atoms with van der Waals surface area (Å²) in [4.78, 5) is 28.3. The van der Waals surface area contributed by atoms with E-state index in [0.717, 1.165) is 51.7 Å². The van der Waals surface area contributed by atoms with Crippen molar-refractivity contribution in [3.63, 3.8) is 0 Å². The molecule has 0 spiro atoms. The summed E-state index contributed by atoms with van der Waals surface area (Å²) in [5.74, 6) is 1.34. The highest BCUT2D eigenvalue weighted by molar-refractivity contribution is 5.85. The summed E-state index contributed by atoms with van der Waals surface area (Å²) >= 11 is 0. The number of likely N-dealkylation sites (tertiary alicyclic amines) is 2. The largest absolute Gasteiger partial charge is 0.341 e. The highest BCUT2D eigenvalue weighted by Gasteiger charge is 2.42. The molecule has 2 N–H and O–H groups in total. The molecule has 0 aromatic rings. The van der Waals surface area contributed by atoms with E-state index in [1.165, 1.54) is 6.42 Å². The van der Waals surface area contributed by atoms with Gasteiger partial charge in [0, 0.05) is 32.1 Å². The predicted molar refractivity (Wildman–Crippen MR) is 87.7 cm³/mol. The minimum atomic E-state index is 0. The summed E-state index contributed by atoms with van der Waals surface area (Å²) in [6.07, 6.45) is 7.15. The Labute approximate surface area is 139 Å². The topological polar surface area (TPSA) is 66.6 Å². The Hall–Kier alpha value is -0.810. The van der Waals surface area contributed by atoms with Crippen molar-refractivity contribution in [2.75, 3.05) is 26.2 Å². The van der Waals surface area contributed by atoms with Crippen molar-refractivity contribution in [2.24, 2.45) is 17.6 Å². The van der Waals surface area contributed by atoms with Crippen LogP contribution in [0, 0.1) is 11.8 Å². The number of hydrogen-bond acceptors (Lipinski definition) is 3. The zero-order valence-electron chi connectivity index (χ0n) is 13.2. The van der Waals surface area contributed by atoms with Crippen molar-refractivity contribution >= 4 is 24.2 Å². The van der Waals surface area contributed by atoms with Gasteiger partial charge in [-0.1, -0.05) is 12.8 Å². The average molecular weight is 330 g/mol. The first-order valence-corrected chi connectivity index (χ1v) is 8.46. The lowest BCUT2D eigenvalue weighted by atomic mass is 9.98. The molecule has 2 amide bonds. The molecule has 0 radical (unpaired) electrons. The van der Waals surface area contributed by atoms with E-state index in [4.69, 9.17) is 5.73 Å². The monoisotopic (exact) mass is 329 g/mol. The Kier molecular flexibility index (Phi) is 6.09. The molecular formula is C16H28ClN3O2. The van der Waals surface area contributed by atoms with Gasteiger partial charge in [0.25, 0.3) is 0 Å². The molecule has 3 aliphatic rings. The van der Waals surface area contributed by atoms with Crippen molar-refractivity contribution in [3.05, 3.63) is 0 Å². The SMILES string of the molecule is Cl.NC1CCC2CN(C(=O)CN3CCCCCCC3=O)CC12. The molecule has 22 heavy (non-hydrogen) atoms. The predicted octanol–water partition coefficient (Wildman–Crippen LogP) is 1.40. The molecular weight excluding hydrogens is 302 g/mol. The van der Waals surface area contributed by atoms with E-state index in [9.17, 15) is 9.59 Å². The van der Waals surface area contributed by atoms with Gasteiger partial charge in [0.2, 0.25) is 11.8 Å². The molecule has 2 aliphatic heterocycles. The number of nitrogens with two attached hydrogens (primary N) is 1. The van der Waals surface area contributed by atoms with Crippen LogP contribution in [0.1, 0.15) is 44.9 Å². The van der Waals surface area contributed by atoms with Crippen molar-refractivity contribution in [1.29, 1.82) is 0 Å². The summed E-state index contributed by atoms with van der Waals surface area (Å²) in [5.41, 5.74) is 6.12. The van der Waals surface area contributed by atoms with Crippen molar-refractivity contribution in [2.45, 2.75) is 51.0 Å². The number of nitrogens with zero attached hydrogens (tertiary/aromatic N) is 2. The second-order valence-electron chi connectivity index (χ2n) is 6.94.